The standard InChI is InChI=1S/C10H9ClF3NO2/c1-2-17-10(16)8-7(12)5(4-11)3-6(15-8)9(13)14/h3,9H,2,4H2,1H3. The van der Waals surface area contributed by atoms with Crippen LogP contribution in [-0.4, -0.2) is 17.6 Å². The van der Waals surface area contributed by atoms with Gasteiger partial charge in [-0.3, -0.25) is 0 Å². The number of hydrogen-bond donors (Lipinski definition) is 0. The van der Waals surface area contributed by atoms with E-state index >= 15 is 0 Å². The third kappa shape index (κ3) is 3.09. The molecule has 0 aromatic carbocycles. The molecule has 1 rings (SSSR count). The minimum absolute atomic E-state index is 0.00489. The van der Waals surface area contributed by atoms with Crippen LogP contribution < -0.4 is 0 Å². The van der Waals surface area contributed by atoms with Gasteiger partial charge in [0.15, 0.2) is 11.5 Å². The zero-order chi connectivity index (χ0) is 13.0. The molecule has 1 aromatic rings. The van der Waals surface area contributed by atoms with Crippen LogP contribution in [0.25, 0.3) is 0 Å². The van der Waals surface area contributed by atoms with Crippen molar-refractivity contribution in [2.45, 2.75) is 19.2 Å². The summed E-state index contributed by atoms with van der Waals surface area (Å²) < 4.78 is 43.0. The van der Waals surface area contributed by atoms with Crippen LogP contribution in [0.1, 0.15) is 35.1 Å². The van der Waals surface area contributed by atoms with Crippen molar-refractivity contribution in [2.24, 2.45) is 0 Å². The van der Waals surface area contributed by atoms with Crippen LogP contribution in [0.15, 0.2) is 6.07 Å². The van der Waals surface area contributed by atoms with E-state index in [1.54, 1.807) is 0 Å². The Morgan fingerprint density at radius 3 is 2.71 bits per heavy atom. The second-order valence-corrected chi connectivity index (χ2v) is 3.29. The van der Waals surface area contributed by atoms with Crippen molar-refractivity contribution in [2.75, 3.05) is 6.61 Å². The summed E-state index contributed by atoms with van der Waals surface area (Å²) in [5, 5.41) is 0. The van der Waals surface area contributed by atoms with Crippen LogP contribution in [0.4, 0.5) is 13.2 Å². The molecular weight excluding hydrogens is 259 g/mol. The van der Waals surface area contributed by atoms with Gasteiger partial charge < -0.3 is 4.74 Å². The van der Waals surface area contributed by atoms with Gasteiger partial charge in [-0.05, 0) is 13.0 Å². The Labute approximate surface area is 101 Å². The first kappa shape index (κ1) is 13.8. The highest BCUT2D eigenvalue weighted by Crippen LogP contribution is 2.22. The van der Waals surface area contributed by atoms with E-state index in [1.165, 1.54) is 6.92 Å². The van der Waals surface area contributed by atoms with E-state index in [0.717, 1.165) is 6.07 Å². The molecule has 0 fully saturated rings. The molecule has 0 bridgehead atoms. The first-order valence-electron chi connectivity index (χ1n) is 4.71. The number of esters is 1. The maximum absolute atomic E-state index is 13.6. The summed E-state index contributed by atoms with van der Waals surface area (Å²) >= 11 is 5.40. The Morgan fingerprint density at radius 2 is 2.24 bits per heavy atom. The molecule has 1 aromatic heterocycles. The first-order valence-corrected chi connectivity index (χ1v) is 5.25. The minimum Gasteiger partial charge on any atom is -0.461 e. The molecule has 94 valence electrons. The van der Waals surface area contributed by atoms with Crippen molar-refractivity contribution < 1.29 is 22.7 Å². The zero-order valence-electron chi connectivity index (χ0n) is 8.84. The number of rotatable bonds is 4. The lowest BCUT2D eigenvalue weighted by atomic mass is 10.2. The summed E-state index contributed by atoms with van der Waals surface area (Å²) in [6.45, 7) is 1.50. The molecule has 0 aliphatic heterocycles. The van der Waals surface area contributed by atoms with Crippen LogP contribution in [0.5, 0.6) is 0 Å². The summed E-state index contributed by atoms with van der Waals surface area (Å²) in [6.07, 6.45) is -2.91. The van der Waals surface area contributed by atoms with Gasteiger partial charge in [0.1, 0.15) is 5.69 Å². The molecule has 0 aliphatic carbocycles. The second-order valence-electron chi connectivity index (χ2n) is 3.02. The quantitative estimate of drug-likeness (QED) is 0.622. The van der Waals surface area contributed by atoms with Gasteiger partial charge in [0.25, 0.3) is 6.43 Å². The first-order chi connectivity index (χ1) is 8.01. The maximum atomic E-state index is 13.6. The predicted octanol–water partition coefficient (Wildman–Crippen LogP) is 3.07. The average Bonchev–Trinajstić information content (AvgIpc) is 2.29. The highest BCUT2D eigenvalue weighted by Gasteiger charge is 2.22. The van der Waals surface area contributed by atoms with Gasteiger partial charge in [0.2, 0.25) is 0 Å². The van der Waals surface area contributed by atoms with E-state index in [0.29, 0.717) is 0 Å². The summed E-state index contributed by atoms with van der Waals surface area (Å²) in [4.78, 5) is 14.5. The smallest absolute Gasteiger partial charge is 0.360 e. The Kier molecular flexibility index (Phi) is 4.74. The van der Waals surface area contributed by atoms with Crippen molar-refractivity contribution in [1.82, 2.24) is 4.98 Å². The molecule has 0 saturated carbocycles. The molecule has 0 atom stereocenters. The normalized spacial score (nSPS) is 10.7. The lowest BCUT2D eigenvalue weighted by Crippen LogP contribution is -2.13. The van der Waals surface area contributed by atoms with Gasteiger partial charge in [-0.1, -0.05) is 0 Å². The minimum atomic E-state index is -2.91. The van der Waals surface area contributed by atoms with Crippen molar-refractivity contribution in [1.29, 1.82) is 0 Å². The fourth-order valence-corrected chi connectivity index (χ4v) is 1.34. The Hall–Kier alpha value is -1.30. The highest BCUT2D eigenvalue weighted by atomic mass is 35.5. The van der Waals surface area contributed by atoms with Gasteiger partial charge >= 0.3 is 5.97 Å². The van der Waals surface area contributed by atoms with E-state index in [1.807, 2.05) is 0 Å². The number of pyridine rings is 1. The number of aromatic nitrogens is 1. The van der Waals surface area contributed by atoms with Crippen LogP contribution in [0.3, 0.4) is 0 Å². The molecule has 0 unspecified atom stereocenters. The number of halogens is 4. The lowest BCUT2D eigenvalue weighted by Gasteiger charge is -2.08. The average molecular weight is 268 g/mol. The van der Waals surface area contributed by atoms with Crippen molar-refractivity contribution in [3.8, 4) is 0 Å². The highest BCUT2D eigenvalue weighted by molar-refractivity contribution is 6.17. The van der Waals surface area contributed by atoms with Crippen LogP contribution in [0.2, 0.25) is 0 Å². The lowest BCUT2D eigenvalue weighted by molar-refractivity contribution is 0.0511. The molecule has 0 radical (unpaired) electrons. The SMILES string of the molecule is CCOC(=O)c1nc(C(F)F)cc(CCl)c1F. The Morgan fingerprint density at radius 1 is 1.59 bits per heavy atom. The molecule has 3 nitrogen and oxygen atoms in total. The maximum Gasteiger partial charge on any atom is 0.360 e. The summed E-state index contributed by atoms with van der Waals surface area (Å²) in [7, 11) is 0. The number of ether oxygens (including phenoxy) is 1. The van der Waals surface area contributed by atoms with Crippen molar-refractivity contribution >= 4 is 17.6 Å². The summed E-state index contributed by atoms with van der Waals surface area (Å²) in [6, 6.07) is 0.829. The predicted molar refractivity (Wildman–Crippen MR) is 54.7 cm³/mol. The van der Waals surface area contributed by atoms with Gasteiger partial charge in [-0.15, -0.1) is 11.6 Å². The largest absolute Gasteiger partial charge is 0.461 e. The number of carbonyl (C=O) groups excluding carboxylic acids is 1. The van der Waals surface area contributed by atoms with Gasteiger partial charge in [-0.2, -0.15) is 0 Å². The molecule has 0 N–H and O–H groups in total. The fourth-order valence-electron chi connectivity index (χ4n) is 1.15. The number of hydrogen-bond acceptors (Lipinski definition) is 3. The summed E-state index contributed by atoms with van der Waals surface area (Å²) in [5.41, 5.74) is -1.68. The third-order valence-electron chi connectivity index (χ3n) is 1.89. The van der Waals surface area contributed by atoms with Crippen LogP contribution in [0, 0.1) is 5.82 Å². The van der Waals surface area contributed by atoms with Crippen LogP contribution >= 0.6 is 11.6 Å². The third-order valence-corrected chi connectivity index (χ3v) is 2.18. The summed E-state index contributed by atoms with van der Waals surface area (Å²) in [5.74, 6) is -2.44. The molecular formula is C10H9ClF3NO2. The number of alkyl halides is 3. The second kappa shape index (κ2) is 5.86. The monoisotopic (exact) mass is 267 g/mol. The van der Waals surface area contributed by atoms with Crippen LogP contribution in [-0.2, 0) is 10.6 Å². The van der Waals surface area contributed by atoms with E-state index in [-0.39, 0.29) is 18.1 Å². The Bertz CT molecular complexity index is 426. The van der Waals surface area contributed by atoms with Gasteiger partial charge in [0, 0.05) is 5.56 Å². The van der Waals surface area contributed by atoms with E-state index < -0.39 is 29.6 Å². The molecule has 0 amide bonds. The molecule has 0 spiro atoms. The van der Waals surface area contributed by atoms with Crippen molar-refractivity contribution in [3.05, 3.63) is 28.8 Å². The van der Waals surface area contributed by atoms with E-state index in [9.17, 15) is 18.0 Å². The van der Waals surface area contributed by atoms with E-state index in [4.69, 9.17) is 11.6 Å². The Balaban J connectivity index is 3.27. The molecule has 7 heteroatoms. The molecule has 17 heavy (non-hydrogen) atoms. The molecule has 1 heterocycles. The topological polar surface area (TPSA) is 39.2 Å². The van der Waals surface area contributed by atoms with Crippen molar-refractivity contribution in [3.63, 3.8) is 0 Å². The van der Waals surface area contributed by atoms with Gasteiger partial charge in [0.05, 0.1) is 12.5 Å². The number of nitrogens with zero attached hydrogens (tertiary/aromatic N) is 1. The molecule has 0 saturated heterocycles. The number of carbonyl (C=O) groups is 1. The van der Waals surface area contributed by atoms with Gasteiger partial charge in [-0.25, -0.2) is 22.9 Å². The fraction of sp³-hybridized carbons (Fsp3) is 0.400. The zero-order valence-corrected chi connectivity index (χ0v) is 9.60. The van der Waals surface area contributed by atoms with E-state index in [2.05, 4.69) is 9.72 Å². The molecule has 0 aliphatic rings.